The monoisotopic (exact) mass is 499 g/mol. The highest BCUT2D eigenvalue weighted by Crippen LogP contribution is 2.20. The number of nitrogens with zero attached hydrogens (tertiary/aromatic N) is 2. The first kappa shape index (κ1) is 29.6. The highest BCUT2D eigenvalue weighted by atomic mass is 16.4. The van der Waals surface area contributed by atoms with Gasteiger partial charge in [-0.05, 0) is 38.0 Å². The zero-order valence-electron chi connectivity index (χ0n) is 20.1. The number of carboxylic acids is 2. The number of aliphatic imine (C=N–C) groups is 1. The normalized spacial score (nSPS) is 17.8. The van der Waals surface area contributed by atoms with Crippen molar-refractivity contribution in [1.29, 1.82) is 0 Å². The van der Waals surface area contributed by atoms with Crippen LogP contribution in [0.25, 0.3) is 0 Å². The Morgan fingerprint density at radius 1 is 1.09 bits per heavy atom. The number of guanidine groups is 1. The molecule has 1 heterocycles. The van der Waals surface area contributed by atoms with Crippen LogP contribution in [0.1, 0.15) is 52.4 Å². The number of aliphatic carboxylic acids is 2. The number of rotatable bonds is 14. The number of carbonyl (C=O) groups is 5. The number of hydrogen-bond donors (Lipinski definition) is 7. The van der Waals surface area contributed by atoms with Gasteiger partial charge < -0.3 is 42.9 Å². The molecule has 3 amide bonds. The first-order valence-electron chi connectivity index (χ1n) is 11.5. The van der Waals surface area contributed by atoms with Crippen molar-refractivity contribution in [3.05, 3.63) is 0 Å². The predicted molar refractivity (Wildman–Crippen MR) is 126 cm³/mol. The summed E-state index contributed by atoms with van der Waals surface area (Å²) in [5.41, 5.74) is 16.5. The Labute approximate surface area is 203 Å². The highest BCUT2D eigenvalue weighted by Gasteiger charge is 2.38. The third-order valence-corrected chi connectivity index (χ3v) is 5.46. The van der Waals surface area contributed by atoms with E-state index in [4.69, 9.17) is 22.3 Å². The number of nitrogens with two attached hydrogens (primary N) is 3. The average Bonchev–Trinajstić information content (AvgIpc) is 3.24. The van der Waals surface area contributed by atoms with Crippen LogP contribution in [-0.4, -0.2) is 88.0 Å². The summed E-state index contributed by atoms with van der Waals surface area (Å²) in [5, 5.41) is 22.9. The van der Waals surface area contributed by atoms with Crippen LogP contribution in [-0.2, 0) is 24.0 Å². The Hall–Kier alpha value is -3.42. The summed E-state index contributed by atoms with van der Waals surface area (Å²) >= 11 is 0. The maximum atomic E-state index is 13.0. The molecule has 1 aliphatic heterocycles. The second kappa shape index (κ2) is 14.1. The molecular formula is C21H37N7O7. The van der Waals surface area contributed by atoms with Gasteiger partial charge in [0.2, 0.25) is 17.7 Å². The van der Waals surface area contributed by atoms with Gasteiger partial charge in [-0.1, -0.05) is 13.8 Å². The van der Waals surface area contributed by atoms with Gasteiger partial charge in [0.25, 0.3) is 0 Å². The fraction of sp³-hybridized carbons (Fsp3) is 0.714. The SMILES string of the molecule is CC(C)CC(NC(=O)C1CCCN1C(=O)C(N)CCCN=C(N)N)C(=O)NC(CC(=O)O)C(=O)O. The van der Waals surface area contributed by atoms with Gasteiger partial charge >= 0.3 is 11.9 Å². The zero-order chi connectivity index (χ0) is 26.7. The van der Waals surface area contributed by atoms with Crippen molar-refractivity contribution in [2.24, 2.45) is 28.1 Å². The van der Waals surface area contributed by atoms with Crippen molar-refractivity contribution in [3.63, 3.8) is 0 Å². The standard InChI is InChI=1S/C21H37N7O7/c1-11(2)9-13(17(31)27-14(20(34)35)10-16(29)30)26-18(32)15-6-4-8-28(15)19(33)12(22)5-3-7-25-21(23)24/h11-15H,3-10,22H2,1-2H3,(H,26,32)(H,27,31)(H,29,30)(H,34,35)(H4,23,24,25). The number of nitrogens with one attached hydrogen (secondary N) is 2. The van der Waals surface area contributed by atoms with E-state index in [9.17, 15) is 29.1 Å². The van der Waals surface area contributed by atoms with E-state index in [-0.39, 0.29) is 18.3 Å². The summed E-state index contributed by atoms with van der Waals surface area (Å²) in [7, 11) is 0. The third-order valence-electron chi connectivity index (χ3n) is 5.46. The maximum absolute atomic E-state index is 13.0. The second-order valence-electron chi connectivity index (χ2n) is 8.93. The van der Waals surface area contributed by atoms with Crippen molar-refractivity contribution in [2.45, 2.75) is 76.5 Å². The molecule has 0 aromatic rings. The molecule has 0 saturated carbocycles. The molecule has 0 aromatic heterocycles. The molecule has 4 atom stereocenters. The molecule has 1 fully saturated rings. The Kier molecular flexibility index (Phi) is 11.9. The van der Waals surface area contributed by atoms with Crippen LogP contribution in [0.2, 0.25) is 0 Å². The zero-order valence-corrected chi connectivity index (χ0v) is 20.1. The molecule has 1 saturated heterocycles. The van der Waals surface area contributed by atoms with E-state index >= 15 is 0 Å². The minimum absolute atomic E-state index is 0.0475. The van der Waals surface area contributed by atoms with Gasteiger partial charge in [-0.25, -0.2) is 4.79 Å². The van der Waals surface area contributed by atoms with Crippen LogP contribution in [0, 0.1) is 5.92 Å². The van der Waals surface area contributed by atoms with E-state index in [0.29, 0.717) is 38.8 Å². The van der Waals surface area contributed by atoms with Gasteiger partial charge in [-0.15, -0.1) is 0 Å². The lowest BCUT2D eigenvalue weighted by atomic mass is 10.0. The molecule has 198 valence electrons. The topological polar surface area (TPSA) is 244 Å². The summed E-state index contributed by atoms with van der Waals surface area (Å²) in [4.78, 5) is 66.1. The Bertz CT molecular complexity index is 814. The van der Waals surface area contributed by atoms with Crippen LogP contribution < -0.4 is 27.8 Å². The fourth-order valence-corrected chi connectivity index (χ4v) is 3.78. The summed E-state index contributed by atoms with van der Waals surface area (Å²) < 4.78 is 0. The van der Waals surface area contributed by atoms with E-state index in [0.717, 1.165) is 0 Å². The first-order chi connectivity index (χ1) is 16.3. The molecule has 35 heavy (non-hydrogen) atoms. The van der Waals surface area contributed by atoms with Gasteiger partial charge in [0.15, 0.2) is 5.96 Å². The lowest BCUT2D eigenvalue weighted by Gasteiger charge is -2.29. The third kappa shape index (κ3) is 10.2. The highest BCUT2D eigenvalue weighted by molar-refractivity contribution is 5.95. The van der Waals surface area contributed by atoms with Crippen LogP contribution in [0.4, 0.5) is 0 Å². The molecule has 0 bridgehead atoms. The molecule has 10 N–H and O–H groups in total. The van der Waals surface area contributed by atoms with Crippen molar-refractivity contribution in [1.82, 2.24) is 15.5 Å². The number of hydrogen-bond acceptors (Lipinski definition) is 7. The molecule has 4 unspecified atom stereocenters. The van der Waals surface area contributed by atoms with Crippen molar-refractivity contribution in [3.8, 4) is 0 Å². The summed E-state index contributed by atoms with van der Waals surface area (Å²) in [6.45, 7) is 4.27. The van der Waals surface area contributed by atoms with Crippen LogP contribution in [0.5, 0.6) is 0 Å². The maximum Gasteiger partial charge on any atom is 0.326 e. The molecule has 1 aliphatic rings. The minimum Gasteiger partial charge on any atom is -0.481 e. The summed E-state index contributed by atoms with van der Waals surface area (Å²) in [5.74, 6) is -4.77. The Morgan fingerprint density at radius 3 is 2.29 bits per heavy atom. The lowest BCUT2D eigenvalue weighted by Crippen LogP contribution is -2.57. The largest absolute Gasteiger partial charge is 0.481 e. The Morgan fingerprint density at radius 2 is 1.74 bits per heavy atom. The van der Waals surface area contributed by atoms with Gasteiger partial charge in [0, 0.05) is 13.1 Å². The van der Waals surface area contributed by atoms with E-state index in [2.05, 4.69) is 15.6 Å². The lowest BCUT2D eigenvalue weighted by molar-refractivity contribution is -0.147. The average molecular weight is 500 g/mol. The first-order valence-corrected chi connectivity index (χ1v) is 11.5. The number of amides is 3. The molecule has 0 spiro atoms. The van der Waals surface area contributed by atoms with Gasteiger partial charge in [-0.2, -0.15) is 0 Å². The second-order valence-corrected chi connectivity index (χ2v) is 8.93. The number of carbonyl (C=O) groups excluding carboxylic acids is 3. The van der Waals surface area contributed by atoms with E-state index in [1.807, 2.05) is 13.8 Å². The van der Waals surface area contributed by atoms with Crippen molar-refractivity contribution >= 4 is 35.6 Å². The van der Waals surface area contributed by atoms with Crippen LogP contribution >= 0.6 is 0 Å². The predicted octanol–water partition coefficient (Wildman–Crippen LogP) is -2.07. The molecule has 0 aromatic carbocycles. The van der Waals surface area contributed by atoms with E-state index in [1.54, 1.807) is 0 Å². The summed E-state index contributed by atoms with van der Waals surface area (Å²) in [6.07, 6.45) is 1.12. The van der Waals surface area contributed by atoms with Gasteiger partial charge in [-0.3, -0.25) is 24.2 Å². The molecule has 0 radical (unpaired) electrons. The van der Waals surface area contributed by atoms with E-state index in [1.165, 1.54) is 4.90 Å². The van der Waals surface area contributed by atoms with Crippen LogP contribution in [0.3, 0.4) is 0 Å². The number of likely N-dealkylation sites (tertiary alicyclic amines) is 1. The van der Waals surface area contributed by atoms with Crippen molar-refractivity contribution < 1.29 is 34.2 Å². The van der Waals surface area contributed by atoms with Crippen molar-refractivity contribution in [2.75, 3.05) is 13.1 Å². The Balaban J connectivity index is 2.85. The molecule has 1 rings (SSSR count). The van der Waals surface area contributed by atoms with E-state index < -0.39 is 60.2 Å². The fourth-order valence-electron chi connectivity index (χ4n) is 3.78. The molecular weight excluding hydrogens is 462 g/mol. The molecule has 0 aliphatic carbocycles. The summed E-state index contributed by atoms with van der Waals surface area (Å²) in [6, 6.07) is -4.43. The molecule has 14 nitrogen and oxygen atoms in total. The van der Waals surface area contributed by atoms with Gasteiger partial charge in [0.05, 0.1) is 12.5 Å². The quantitative estimate of drug-likeness (QED) is 0.0781. The smallest absolute Gasteiger partial charge is 0.326 e. The van der Waals surface area contributed by atoms with Gasteiger partial charge in [0.1, 0.15) is 18.1 Å². The van der Waals surface area contributed by atoms with Crippen LogP contribution in [0.15, 0.2) is 4.99 Å². The molecule has 14 heteroatoms. The number of carboxylic acid groups (broad SMARTS) is 2. The minimum atomic E-state index is -1.65.